The molecular weight excluding hydrogens is 261 g/mol. The van der Waals surface area contributed by atoms with Crippen LogP contribution in [0.5, 0.6) is 0 Å². The number of aromatic nitrogens is 2. The fraction of sp³-hybridized carbons (Fsp3) is 0.636. The van der Waals surface area contributed by atoms with Gasteiger partial charge in [0.15, 0.2) is 0 Å². The van der Waals surface area contributed by atoms with E-state index in [0.29, 0.717) is 19.7 Å². The van der Waals surface area contributed by atoms with Gasteiger partial charge in [0, 0.05) is 33.3 Å². The minimum Gasteiger partial charge on any atom is -0.383 e. The standard InChI is InChI=1S/C11H17F3N4O/c1-4-18(5-6-19-3)9-7-8(15-2)16-10(17-9)11(12,13)14/h7H,4-6H2,1-3H3,(H,15,16,17). The highest BCUT2D eigenvalue weighted by Crippen LogP contribution is 2.29. The van der Waals surface area contributed by atoms with Crippen LogP contribution < -0.4 is 10.2 Å². The molecule has 0 aromatic carbocycles. The van der Waals surface area contributed by atoms with Gasteiger partial charge in [-0.2, -0.15) is 13.2 Å². The van der Waals surface area contributed by atoms with E-state index < -0.39 is 12.0 Å². The highest BCUT2D eigenvalue weighted by atomic mass is 19.4. The molecule has 0 aliphatic heterocycles. The molecule has 0 aliphatic carbocycles. The number of rotatable bonds is 6. The van der Waals surface area contributed by atoms with Crippen LogP contribution in [0.1, 0.15) is 12.7 Å². The normalized spacial score (nSPS) is 11.5. The molecule has 0 fully saturated rings. The van der Waals surface area contributed by atoms with Crippen molar-refractivity contribution in [3.63, 3.8) is 0 Å². The van der Waals surface area contributed by atoms with Crippen molar-refractivity contribution in [3.8, 4) is 0 Å². The molecule has 108 valence electrons. The van der Waals surface area contributed by atoms with Crippen LogP contribution in [-0.2, 0) is 10.9 Å². The lowest BCUT2D eigenvalue weighted by atomic mass is 10.4. The van der Waals surface area contributed by atoms with Crippen molar-refractivity contribution >= 4 is 11.6 Å². The second kappa shape index (κ2) is 6.55. The number of hydrogen-bond donors (Lipinski definition) is 1. The lowest BCUT2D eigenvalue weighted by Crippen LogP contribution is -2.29. The largest absolute Gasteiger partial charge is 0.451 e. The molecule has 1 aromatic heterocycles. The number of ether oxygens (including phenoxy) is 1. The van der Waals surface area contributed by atoms with Crippen molar-refractivity contribution in [3.05, 3.63) is 11.9 Å². The number of nitrogens with zero attached hydrogens (tertiary/aromatic N) is 3. The highest BCUT2D eigenvalue weighted by molar-refractivity contribution is 5.49. The fourth-order valence-electron chi connectivity index (χ4n) is 1.49. The zero-order valence-corrected chi connectivity index (χ0v) is 11.1. The molecule has 5 nitrogen and oxygen atoms in total. The summed E-state index contributed by atoms with van der Waals surface area (Å²) in [6.07, 6.45) is -4.57. The molecule has 0 saturated carbocycles. The fourth-order valence-corrected chi connectivity index (χ4v) is 1.49. The maximum absolute atomic E-state index is 12.7. The minimum absolute atomic E-state index is 0.133. The summed E-state index contributed by atoms with van der Waals surface area (Å²) >= 11 is 0. The first-order valence-corrected chi connectivity index (χ1v) is 5.80. The molecule has 1 rings (SSSR count). The van der Waals surface area contributed by atoms with Gasteiger partial charge in [0.2, 0.25) is 5.82 Å². The molecule has 1 N–H and O–H groups in total. The molecule has 1 aromatic rings. The van der Waals surface area contributed by atoms with Crippen molar-refractivity contribution in [1.82, 2.24) is 9.97 Å². The number of hydrogen-bond acceptors (Lipinski definition) is 5. The molecule has 0 spiro atoms. The summed E-state index contributed by atoms with van der Waals surface area (Å²) in [4.78, 5) is 8.68. The third-order valence-corrected chi connectivity index (χ3v) is 2.49. The number of likely N-dealkylation sites (N-methyl/N-ethyl adjacent to an activating group) is 1. The number of halogens is 3. The Balaban J connectivity index is 3.11. The van der Waals surface area contributed by atoms with E-state index in [1.807, 2.05) is 6.92 Å². The number of methoxy groups -OCH3 is 1. The summed E-state index contributed by atoms with van der Waals surface area (Å²) < 4.78 is 43.0. The lowest BCUT2D eigenvalue weighted by Gasteiger charge is -2.22. The third kappa shape index (κ3) is 4.23. The summed E-state index contributed by atoms with van der Waals surface area (Å²) in [5.74, 6) is -0.787. The molecule has 8 heteroatoms. The van der Waals surface area contributed by atoms with Gasteiger partial charge in [-0.25, -0.2) is 9.97 Å². The Bertz CT molecular complexity index is 411. The Hall–Kier alpha value is -1.57. The molecular formula is C11H17F3N4O. The van der Waals surface area contributed by atoms with Gasteiger partial charge >= 0.3 is 6.18 Å². The van der Waals surface area contributed by atoms with Crippen LogP contribution >= 0.6 is 0 Å². The van der Waals surface area contributed by atoms with E-state index in [1.54, 1.807) is 4.90 Å². The van der Waals surface area contributed by atoms with Crippen molar-refractivity contribution in [1.29, 1.82) is 0 Å². The van der Waals surface area contributed by atoms with Crippen LogP contribution in [0.2, 0.25) is 0 Å². The van der Waals surface area contributed by atoms with E-state index in [9.17, 15) is 13.2 Å². The molecule has 19 heavy (non-hydrogen) atoms. The van der Waals surface area contributed by atoms with Crippen LogP contribution in [0, 0.1) is 0 Å². The summed E-state index contributed by atoms with van der Waals surface area (Å²) in [7, 11) is 3.05. The molecule has 0 unspecified atom stereocenters. The predicted molar refractivity (Wildman–Crippen MR) is 66.3 cm³/mol. The second-order valence-corrected chi connectivity index (χ2v) is 3.76. The van der Waals surface area contributed by atoms with Crippen LogP contribution in [0.25, 0.3) is 0 Å². The molecule has 0 aliphatic rings. The third-order valence-electron chi connectivity index (χ3n) is 2.49. The first-order valence-electron chi connectivity index (χ1n) is 5.80. The van der Waals surface area contributed by atoms with Crippen LogP contribution in [0.4, 0.5) is 24.8 Å². The molecule has 0 amide bonds. The number of anilines is 2. The van der Waals surface area contributed by atoms with E-state index in [0.717, 1.165) is 0 Å². The number of alkyl halides is 3. The maximum atomic E-state index is 12.7. The van der Waals surface area contributed by atoms with E-state index >= 15 is 0 Å². The Morgan fingerprint density at radius 1 is 1.37 bits per heavy atom. The first kappa shape index (κ1) is 15.5. The monoisotopic (exact) mass is 278 g/mol. The maximum Gasteiger partial charge on any atom is 0.451 e. The Morgan fingerprint density at radius 3 is 2.53 bits per heavy atom. The van der Waals surface area contributed by atoms with E-state index in [-0.39, 0.29) is 11.6 Å². The van der Waals surface area contributed by atoms with Gasteiger partial charge in [-0.15, -0.1) is 0 Å². The van der Waals surface area contributed by atoms with Crippen LogP contribution in [0.15, 0.2) is 6.07 Å². The smallest absolute Gasteiger partial charge is 0.383 e. The van der Waals surface area contributed by atoms with E-state index in [2.05, 4.69) is 15.3 Å². The Labute approximate surface area is 109 Å². The zero-order valence-electron chi connectivity index (χ0n) is 11.1. The molecule has 1 heterocycles. The van der Waals surface area contributed by atoms with Crippen LogP contribution in [0.3, 0.4) is 0 Å². The van der Waals surface area contributed by atoms with Gasteiger partial charge in [0.1, 0.15) is 11.6 Å². The van der Waals surface area contributed by atoms with Gasteiger partial charge < -0.3 is 15.0 Å². The highest BCUT2D eigenvalue weighted by Gasteiger charge is 2.35. The van der Waals surface area contributed by atoms with E-state index in [4.69, 9.17) is 4.74 Å². The summed E-state index contributed by atoms with van der Waals surface area (Å²) in [6.45, 7) is 3.24. The lowest BCUT2D eigenvalue weighted by molar-refractivity contribution is -0.144. The van der Waals surface area contributed by atoms with Crippen molar-refractivity contribution < 1.29 is 17.9 Å². The average molecular weight is 278 g/mol. The summed E-state index contributed by atoms with van der Waals surface area (Å²) in [5.41, 5.74) is 0. The van der Waals surface area contributed by atoms with Crippen molar-refractivity contribution in [2.45, 2.75) is 13.1 Å². The first-order chi connectivity index (χ1) is 8.92. The average Bonchev–Trinajstić information content (AvgIpc) is 2.38. The second-order valence-electron chi connectivity index (χ2n) is 3.76. The summed E-state index contributed by atoms with van der Waals surface area (Å²) in [6, 6.07) is 1.48. The van der Waals surface area contributed by atoms with Gasteiger partial charge in [-0.3, -0.25) is 0 Å². The molecule has 0 bridgehead atoms. The van der Waals surface area contributed by atoms with Crippen molar-refractivity contribution in [2.75, 3.05) is 44.1 Å². The predicted octanol–water partition coefficient (Wildman–Crippen LogP) is 2.01. The molecule has 0 saturated heterocycles. The van der Waals surface area contributed by atoms with Crippen LogP contribution in [-0.4, -0.2) is 43.8 Å². The van der Waals surface area contributed by atoms with E-state index in [1.165, 1.54) is 20.2 Å². The van der Waals surface area contributed by atoms with Gasteiger partial charge in [-0.1, -0.05) is 0 Å². The topological polar surface area (TPSA) is 50.3 Å². The number of nitrogens with one attached hydrogen (secondary N) is 1. The van der Waals surface area contributed by atoms with Gasteiger partial charge in [0.25, 0.3) is 0 Å². The van der Waals surface area contributed by atoms with Crippen molar-refractivity contribution in [2.24, 2.45) is 0 Å². The SMILES string of the molecule is CCN(CCOC)c1cc(NC)nc(C(F)(F)F)n1. The molecule has 0 radical (unpaired) electrons. The minimum atomic E-state index is -4.57. The zero-order chi connectivity index (χ0) is 14.5. The van der Waals surface area contributed by atoms with Gasteiger partial charge in [-0.05, 0) is 6.92 Å². The molecule has 0 atom stereocenters. The Morgan fingerprint density at radius 2 is 2.05 bits per heavy atom. The summed E-state index contributed by atoms with van der Waals surface area (Å²) in [5, 5.41) is 2.61. The quantitative estimate of drug-likeness (QED) is 0.862. The Kier molecular flexibility index (Phi) is 5.34. The van der Waals surface area contributed by atoms with Gasteiger partial charge in [0.05, 0.1) is 6.61 Å².